The number of carbonyl (C=O) groups is 1. The number of hydrogen-bond acceptors (Lipinski definition) is 4. The van der Waals surface area contributed by atoms with Crippen molar-refractivity contribution in [1.29, 1.82) is 0 Å². The van der Waals surface area contributed by atoms with Crippen LogP contribution in [0.3, 0.4) is 0 Å². The molecule has 1 heterocycles. The molecule has 1 unspecified atom stereocenters. The summed E-state index contributed by atoms with van der Waals surface area (Å²) in [5, 5.41) is 13.3. The highest BCUT2D eigenvalue weighted by Gasteiger charge is 2.12. The average Bonchev–Trinajstić information content (AvgIpc) is 2.84. The zero-order valence-electron chi connectivity index (χ0n) is 11.8. The molecule has 116 valence electrons. The number of amides is 1. The van der Waals surface area contributed by atoms with Gasteiger partial charge in [-0.05, 0) is 40.2 Å². The standard InChI is InChI=1S/C14H14BrN3O3S/c1-17(8-12-6-7-13(15)22-12)9-14(19)16-10-2-4-11(5-3-10)18(20)21/h2-7H,8-9H2,1H3,(H,16,19)/p+1. The number of nitrogens with one attached hydrogen (secondary N) is 2. The van der Waals surface area contributed by atoms with E-state index in [9.17, 15) is 14.9 Å². The first-order chi connectivity index (χ1) is 10.4. The molecule has 1 amide bonds. The molecule has 22 heavy (non-hydrogen) atoms. The van der Waals surface area contributed by atoms with E-state index >= 15 is 0 Å². The minimum Gasteiger partial charge on any atom is -0.325 e. The lowest BCUT2D eigenvalue weighted by molar-refractivity contribution is -0.884. The maximum atomic E-state index is 12.0. The molecule has 1 atom stereocenters. The van der Waals surface area contributed by atoms with Crippen LogP contribution in [0.15, 0.2) is 40.2 Å². The molecule has 1 aromatic heterocycles. The summed E-state index contributed by atoms with van der Waals surface area (Å²) in [5.74, 6) is -0.123. The first kappa shape index (κ1) is 16.6. The zero-order valence-corrected chi connectivity index (χ0v) is 14.2. The second-order valence-corrected chi connectivity index (χ2v) is 7.42. The van der Waals surface area contributed by atoms with Gasteiger partial charge in [-0.3, -0.25) is 14.9 Å². The van der Waals surface area contributed by atoms with E-state index in [-0.39, 0.29) is 11.6 Å². The number of nitro benzene ring substituents is 1. The first-order valence-electron chi connectivity index (χ1n) is 6.54. The molecule has 6 nitrogen and oxygen atoms in total. The van der Waals surface area contributed by atoms with Crippen LogP contribution < -0.4 is 10.2 Å². The topological polar surface area (TPSA) is 76.7 Å². The molecule has 2 rings (SSSR count). The van der Waals surface area contributed by atoms with Gasteiger partial charge in [-0.2, -0.15) is 0 Å². The lowest BCUT2D eigenvalue weighted by Gasteiger charge is -2.12. The Morgan fingerprint density at radius 2 is 2.00 bits per heavy atom. The summed E-state index contributed by atoms with van der Waals surface area (Å²) in [7, 11) is 1.95. The predicted molar refractivity (Wildman–Crippen MR) is 89.2 cm³/mol. The van der Waals surface area contributed by atoms with Crippen molar-refractivity contribution in [2.45, 2.75) is 6.54 Å². The number of halogens is 1. The van der Waals surface area contributed by atoms with E-state index < -0.39 is 4.92 Å². The second kappa shape index (κ2) is 7.48. The fourth-order valence-corrected chi connectivity index (χ4v) is 3.55. The van der Waals surface area contributed by atoms with Gasteiger partial charge < -0.3 is 10.2 Å². The zero-order chi connectivity index (χ0) is 16.1. The minimum atomic E-state index is -0.470. The monoisotopic (exact) mass is 384 g/mol. The molecule has 0 aliphatic heterocycles. The normalized spacial score (nSPS) is 11.9. The summed E-state index contributed by atoms with van der Waals surface area (Å²) in [5.41, 5.74) is 0.561. The molecule has 0 aliphatic carbocycles. The highest BCUT2D eigenvalue weighted by Crippen LogP contribution is 2.21. The van der Waals surface area contributed by atoms with Crippen molar-refractivity contribution in [2.75, 3.05) is 18.9 Å². The molecule has 0 saturated carbocycles. The lowest BCUT2D eigenvalue weighted by Crippen LogP contribution is -3.08. The van der Waals surface area contributed by atoms with Crippen molar-refractivity contribution < 1.29 is 14.6 Å². The van der Waals surface area contributed by atoms with Gasteiger partial charge in [-0.1, -0.05) is 0 Å². The Balaban J connectivity index is 1.85. The number of anilines is 1. The number of carbonyl (C=O) groups excluding carboxylic acids is 1. The van der Waals surface area contributed by atoms with E-state index in [2.05, 4.69) is 21.2 Å². The summed E-state index contributed by atoms with van der Waals surface area (Å²) in [6.45, 7) is 1.09. The van der Waals surface area contributed by atoms with E-state index in [1.165, 1.54) is 29.1 Å². The van der Waals surface area contributed by atoms with Crippen LogP contribution in [0, 0.1) is 10.1 Å². The summed E-state index contributed by atoms with van der Waals surface area (Å²) in [4.78, 5) is 24.3. The molecule has 2 aromatic rings. The summed E-state index contributed by atoms with van der Waals surface area (Å²) < 4.78 is 1.07. The van der Waals surface area contributed by atoms with Crippen molar-refractivity contribution in [3.63, 3.8) is 0 Å². The summed E-state index contributed by atoms with van der Waals surface area (Å²) in [6.07, 6.45) is 0. The third-order valence-electron chi connectivity index (χ3n) is 2.93. The molecule has 0 fully saturated rings. The Morgan fingerprint density at radius 1 is 1.32 bits per heavy atom. The van der Waals surface area contributed by atoms with E-state index in [4.69, 9.17) is 0 Å². The Bertz CT molecular complexity index is 672. The Hall–Kier alpha value is -1.77. The molecule has 2 N–H and O–H groups in total. The molecule has 8 heteroatoms. The van der Waals surface area contributed by atoms with Crippen LogP contribution in [0.2, 0.25) is 0 Å². The van der Waals surface area contributed by atoms with Crippen molar-refractivity contribution in [3.8, 4) is 0 Å². The number of thiophene rings is 1. The van der Waals surface area contributed by atoms with Gasteiger partial charge in [-0.15, -0.1) is 11.3 Å². The van der Waals surface area contributed by atoms with Crippen LogP contribution in [0.5, 0.6) is 0 Å². The van der Waals surface area contributed by atoms with Crippen molar-refractivity contribution in [3.05, 3.63) is 55.2 Å². The molecule has 0 bridgehead atoms. The fourth-order valence-electron chi connectivity index (χ4n) is 1.95. The van der Waals surface area contributed by atoms with Crippen molar-refractivity contribution in [2.24, 2.45) is 0 Å². The molecule has 0 saturated heterocycles. The van der Waals surface area contributed by atoms with Gasteiger partial charge >= 0.3 is 0 Å². The number of likely N-dealkylation sites (N-methyl/N-ethyl adjacent to an activating group) is 1. The van der Waals surface area contributed by atoms with E-state index in [0.717, 1.165) is 15.2 Å². The van der Waals surface area contributed by atoms with Gasteiger partial charge in [0.05, 0.1) is 20.6 Å². The number of non-ortho nitro benzene ring substituents is 1. The summed E-state index contributed by atoms with van der Waals surface area (Å²) >= 11 is 5.07. The predicted octanol–water partition coefficient (Wildman–Crippen LogP) is 2.07. The van der Waals surface area contributed by atoms with E-state index in [1.54, 1.807) is 11.3 Å². The quantitative estimate of drug-likeness (QED) is 0.591. The smallest absolute Gasteiger partial charge is 0.279 e. The molecule has 0 aliphatic rings. The highest BCUT2D eigenvalue weighted by molar-refractivity contribution is 9.11. The number of nitro groups is 1. The van der Waals surface area contributed by atoms with E-state index in [1.807, 2.05) is 19.2 Å². The molecule has 1 aromatic carbocycles. The van der Waals surface area contributed by atoms with Crippen LogP contribution in [0.1, 0.15) is 4.88 Å². The first-order valence-corrected chi connectivity index (χ1v) is 8.15. The number of rotatable bonds is 6. The third-order valence-corrected chi connectivity index (χ3v) is 4.55. The van der Waals surface area contributed by atoms with Crippen LogP contribution in [-0.2, 0) is 11.3 Å². The molecular weight excluding hydrogens is 370 g/mol. The SMILES string of the molecule is C[NH+](CC(=O)Nc1ccc([N+](=O)[O-])cc1)Cc1ccc(Br)s1. The number of nitrogens with zero attached hydrogens (tertiary/aromatic N) is 1. The van der Waals surface area contributed by atoms with Crippen LogP contribution in [0.25, 0.3) is 0 Å². The second-order valence-electron chi connectivity index (χ2n) is 4.87. The molecule has 0 radical (unpaired) electrons. The maximum absolute atomic E-state index is 12.0. The van der Waals surface area contributed by atoms with Gasteiger partial charge in [0.25, 0.3) is 11.6 Å². The largest absolute Gasteiger partial charge is 0.325 e. The summed E-state index contributed by atoms with van der Waals surface area (Å²) in [6, 6.07) is 9.82. The number of benzene rings is 1. The van der Waals surface area contributed by atoms with Gasteiger partial charge in [0.1, 0.15) is 6.54 Å². The number of hydrogen-bond donors (Lipinski definition) is 2. The van der Waals surface area contributed by atoms with Gasteiger partial charge in [0.15, 0.2) is 6.54 Å². The van der Waals surface area contributed by atoms with Crippen LogP contribution in [-0.4, -0.2) is 24.4 Å². The van der Waals surface area contributed by atoms with Gasteiger partial charge in [0, 0.05) is 17.8 Å². The average molecular weight is 385 g/mol. The van der Waals surface area contributed by atoms with Gasteiger partial charge in [0.2, 0.25) is 0 Å². The van der Waals surface area contributed by atoms with E-state index in [0.29, 0.717) is 12.2 Å². The molecular formula is C14H15BrN3O3S+. The number of quaternary nitrogens is 1. The van der Waals surface area contributed by atoms with Crippen molar-refractivity contribution in [1.82, 2.24) is 0 Å². The Labute approximate surface area is 140 Å². The van der Waals surface area contributed by atoms with Gasteiger partial charge in [-0.25, -0.2) is 0 Å². The van der Waals surface area contributed by atoms with Crippen LogP contribution in [0.4, 0.5) is 11.4 Å². The maximum Gasteiger partial charge on any atom is 0.279 e. The highest BCUT2D eigenvalue weighted by atomic mass is 79.9. The Kier molecular flexibility index (Phi) is 5.64. The molecule has 0 spiro atoms. The Morgan fingerprint density at radius 3 is 2.55 bits per heavy atom. The third kappa shape index (κ3) is 4.90. The van der Waals surface area contributed by atoms with Crippen molar-refractivity contribution >= 4 is 44.5 Å². The lowest BCUT2D eigenvalue weighted by atomic mass is 10.3. The fraction of sp³-hybridized carbons (Fsp3) is 0.214. The van der Waals surface area contributed by atoms with Crippen LogP contribution >= 0.6 is 27.3 Å². The minimum absolute atomic E-state index is 0.00372.